The third-order valence-electron chi connectivity index (χ3n) is 4.20. The lowest BCUT2D eigenvalue weighted by molar-refractivity contribution is 0.0117. The fourth-order valence-electron chi connectivity index (χ4n) is 2.88. The fourth-order valence-corrected chi connectivity index (χ4v) is 2.88. The van der Waals surface area contributed by atoms with E-state index in [4.69, 9.17) is 4.99 Å². The zero-order chi connectivity index (χ0) is 17.6. The van der Waals surface area contributed by atoms with Gasteiger partial charge in [-0.1, -0.05) is 0 Å². The Balaban J connectivity index is 2.57. The normalized spacial score (nSPS) is 20.7. The number of amidine groups is 1. The highest BCUT2D eigenvalue weighted by Crippen LogP contribution is 2.29. The Morgan fingerprint density at radius 2 is 1.74 bits per heavy atom. The van der Waals surface area contributed by atoms with Crippen molar-refractivity contribution in [3.8, 4) is 0 Å². The van der Waals surface area contributed by atoms with Gasteiger partial charge in [0.25, 0.3) is 0 Å². The third kappa shape index (κ3) is 3.71. The summed E-state index contributed by atoms with van der Waals surface area (Å²) in [7, 11) is 0. The molecule has 0 aromatic carbocycles. The van der Waals surface area contributed by atoms with Crippen molar-refractivity contribution in [2.24, 2.45) is 4.99 Å². The van der Waals surface area contributed by atoms with Gasteiger partial charge in [-0.3, -0.25) is 4.90 Å². The summed E-state index contributed by atoms with van der Waals surface area (Å²) in [4.78, 5) is 13.2. The van der Waals surface area contributed by atoms with Crippen molar-refractivity contribution in [3.05, 3.63) is 29.3 Å². The number of aryl methyl sites for hydroxylation is 1. The maximum Gasteiger partial charge on any atom is 0.223 e. The van der Waals surface area contributed by atoms with E-state index >= 15 is 0 Å². The lowest BCUT2D eigenvalue weighted by atomic mass is 10.0. The lowest BCUT2D eigenvalue weighted by Gasteiger charge is -2.50. The van der Waals surface area contributed by atoms with Crippen LogP contribution < -0.4 is 0 Å². The maximum absolute atomic E-state index is 14.3. The van der Waals surface area contributed by atoms with Crippen LogP contribution in [0.4, 0.5) is 4.39 Å². The number of hydrogen-bond acceptors (Lipinski definition) is 4. The number of aromatic nitrogens is 1. The molecule has 2 rings (SSSR count). The molecule has 1 unspecified atom stereocenters. The summed E-state index contributed by atoms with van der Waals surface area (Å²) in [6.45, 7) is 17.6. The molecule has 4 nitrogen and oxygen atoms in total. The van der Waals surface area contributed by atoms with E-state index in [2.05, 4.69) is 63.2 Å². The minimum absolute atomic E-state index is 0.0106. The summed E-state index contributed by atoms with van der Waals surface area (Å²) in [5.74, 6) is 0.235. The molecule has 0 amide bonds. The highest BCUT2D eigenvalue weighted by atomic mass is 19.1. The average molecular weight is 320 g/mol. The molecule has 2 heterocycles. The fraction of sp³-hybridized carbons (Fsp3) is 0.667. The van der Waals surface area contributed by atoms with E-state index in [9.17, 15) is 4.39 Å². The van der Waals surface area contributed by atoms with Gasteiger partial charge in [-0.05, 0) is 67.0 Å². The second-order valence-electron chi connectivity index (χ2n) is 8.32. The van der Waals surface area contributed by atoms with E-state index in [0.29, 0.717) is 18.1 Å². The van der Waals surface area contributed by atoms with Gasteiger partial charge in [0.2, 0.25) is 5.95 Å². The van der Waals surface area contributed by atoms with Crippen molar-refractivity contribution in [2.75, 3.05) is 6.67 Å². The second kappa shape index (κ2) is 5.86. The molecule has 0 N–H and O–H groups in total. The Kier molecular flexibility index (Phi) is 4.55. The van der Waals surface area contributed by atoms with Gasteiger partial charge in [-0.2, -0.15) is 4.39 Å². The average Bonchev–Trinajstić information content (AvgIpc) is 2.38. The van der Waals surface area contributed by atoms with Crippen molar-refractivity contribution in [2.45, 2.75) is 72.6 Å². The summed E-state index contributed by atoms with van der Waals surface area (Å²) < 4.78 is 14.3. The molecule has 23 heavy (non-hydrogen) atoms. The van der Waals surface area contributed by atoms with Crippen LogP contribution >= 0.6 is 0 Å². The molecule has 1 aromatic heterocycles. The Labute approximate surface area is 139 Å². The molecule has 1 atom stereocenters. The van der Waals surface area contributed by atoms with Gasteiger partial charge in [0.05, 0.1) is 12.2 Å². The summed E-state index contributed by atoms with van der Waals surface area (Å²) in [6, 6.07) is 1.83. The van der Waals surface area contributed by atoms with E-state index < -0.39 is 5.95 Å². The van der Waals surface area contributed by atoms with Crippen LogP contribution in [-0.2, 0) is 0 Å². The van der Waals surface area contributed by atoms with Crippen LogP contribution in [0.1, 0.15) is 59.6 Å². The predicted molar refractivity (Wildman–Crippen MR) is 93.0 cm³/mol. The molecular weight excluding hydrogens is 291 g/mol. The van der Waals surface area contributed by atoms with E-state index in [0.717, 1.165) is 5.56 Å². The highest BCUT2D eigenvalue weighted by molar-refractivity contribution is 5.99. The monoisotopic (exact) mass is 320 g/mol. The van der Waals surface area contributed by atoms with Crippen LogP contribution in [0, 0.1) is 12.9 Å². The third-order valence-corrected chi connectivity index (χ3v) is 4.20. The number of halogens is 1. The minimum Gasteiger partial charge on any atom is -0.338 e. The van der Waals surface area contributed by atoms with Crippen LogP contribution in [0.15, 0.2) is 17.3 Å². The van der Waals surface area contributed by atoms with Gasteiger partial charge in [0.15, 0.2) is 0 Å². The Morgan fingerprint density at radius 3 is 2.26 bits per heavy atom. The predicted octanol–water partition coefficient (Wildman–Crippen LogP) is 3.79. The van der Waals surface area contributed by atoms with Crippen LogP contribution in [0.5, 0.6) is 0 Å². The molecule has 1 aliphatic heterocycles. The molecule has 0 saturated carbocycles. The van der Waals surface area contributed by atoms with E-state index in [1.165, 1.54) is 0 Å². The van der Waals surface area contributed by atoms with Crippen LogP contribution in [0.25, 0.3) is 0 Å². The van der Waals surface area contributed by atoms with Crippen molar-refractivity contribution >= 4 is 5.84 Å². The molecule has 0 radical (unpaired) electrons. The largest absolute Gasteiger partial charge is 0.338 e. The van der Waals surface area contributed by atoms with E-state index in [1.54, 1.807) is 6.20 Å². The van der Waals surface area contributed by atoms with Crippen molar-refractivity contribution in [3.63, 3.8) is 0 Å². The quantitative estimate of drug-likeness (QED) is 0.738. The SMILES string of the molecule is Cc1cnc(F)c(C2=NC(C)N(C(C)(C)C)CN2C(C)(C)C)c1. The number of hydrogen-bond donors (Lipinski definition) is 0. The van der Waals surface area contributed by atoms with E-state index in [1.807, 2.05) is 13.0 Å². The molecule has 1 aliphatic rings. The first-order valence-corrected chi connectivity index (χ1v) is 8.16. The van der Waals surface area contributed by atoms with Gasteiger partial charge < -0.3 is 4.90 Å². The van der Waals surface area contributed by atoms with E-state index in [-0.39, 0.29) is 17.2 Å². The molecule has 1 aromatic rings. The molecule has 0 spiro atoms. The summed E-state index contributed by atoms with van der Waals surface area (Å²) in [6.07, 6.45) is 1.54. The molecule has 0 bridgehead atoms. The number of nitrogens with zero attached hydrogens (tertiary/aromatic N) is 4. The second-order valence-corrected chi connectivity index (χ2v) is 8.32. The maximum atomic E-state index is 14.3. The molecule has 0 aliphatic carbocycles. The minimum atomic E-state index is -0.458. The first-order chi connectivity index (χ1) is 10.4. The number of aliphatic imine (C=N–C) groups is 1. The van der Waals surface area contributed by atoms with Crippen molar-refractivity contribution < 1.29 is 4.39 Å². The van der Waals surface area contributed by atoms with Crippen molar-refractivity contribution in [1.29, 1.82) is 0 Å². The standard InChI is InChI=1S/C18H29FN4/c1-12-9-14(15(19)20-10-12)16-21-13(2)22(17(3,4)5)11-23(16)18(6,7)8/h9-10,13H,11H2,1-8H3. The molecule has 5 heteroatoms. The zero-order valence-electron chi connectivity index (χ0n) is 15.6. The first-order valence-electron chi connectivity index (χ1n) is 8.16. The number of pyridine rings is 1. The molecule has 0 fully saturated rings. The zero-order valence-corrected chi connectivity index (χ0v) is 15.6. The highest BCUT2D eigenvalue weighted by Gasteiger charge is 2.38. The topological polar surface area (TPSA) is 31.7 Å². The van der Waals surface area contributed by atoms with Crippen LogP contribution in [-0.4, -0.2) is 44.5 Å². The Hall–Kier alpha value is -1.49. The van der Waals surface area contributed by atoms with Gasteiger partial charge in [-0.15, -0.1) is 0 Å². The molecule has 0 saturated heterocycles. The van der Waals surface area contributed by atoms with Crippen LogP contribution in [0.3, 0.4) is 0 Å². The van der Waals surface area contributed by atoms with Crippen LogP contribution in [0.2, 0.25) is 0 Å². The van der Waals surface area contributed by atoms with Gasteiger partial charge in [-0.25, -0.2) is 9.98 Å². The lowest BCUT2D eigenvalue weighted by Crippen LogP contribution is -2.61. The number of rotatable bonds is 1. The van der Waals surface area contributed by atoms with Gasteiger partial charge in [0.1, 0.15) is 12.0 Å². The summed E-state index contributed by atoms with van der Waals surface area (Å²) in [5.41, 5.74) is 1.24. The molecular formula is C18H29FN4. The Morgan fingerprint density at radius 1 is 1.13 bits per heavy atom. The molecule has 128 valence electrons. The smallest absolute Gasteiger partial charge is 0.223 e. The first kappa shape index (κ1) is 17.9. The Bertz CT molecular complexity index is 610. The summed E-state index contributed by atoms with van der Waals surface area (Å²) >= 11 is 0. The van der Waals surface area contributed by atoms with Crippen molar-refractivity contribution in [1.82, 2.24) is 14.8 Å². The van der Waals surface area contributed by atoms with Gasteiger partial charge >= 0.3 is 0 Å². The summed E-state index contributed by atoms with van der Waals surface area (Å²) in [5, 5.41) is 0. The van der Waals surface area contributed by atoms with Gasteiger partial charge in [0, 0.05) is 17.3 Å².